The Bertz CT molecular complexity index is 873. The summed E-state index contributed by atoms with van der Waals surface area (Å²) in [6, 6.07) is 7.87. The molecule has 0 atom stereocenters. The molecule has 2 heterocycles. The molecule has 2 amide bonds. The zero-order valence-corrected chi connectivity index (χ0v) is 15.9. The van der Waals surface area contributed by atoms with E-state index in [9.17, 15) is 9.59 Å². The lowest BCUT2D eigenvalue weighted by Gasteiger charge is -2.17. The number of hydrogen-bond donors (Lipinski definition) is 2. The van der Waals surface area contributed by atoms with Crippen molar-refractivity contribution in [1.82, 2.24) is 20.2 Å². The van der Waals surface area contributed by atoms with Crippen LogP contribution in [-0.4, -0.2) is 34.0 Å². The average molecular weight is 387 g/mol. The Morgan fingerprint density at radius 3 is 2.85 bits per heavy atom. The second-order valence-electron chi connectivity index (χ2n) is 7.22. The summed E-state index contributed by atoms with van der Waals surface area (Å²) in [7, 11) is 0. The maximum atomic E-state index is 12.7. The van der Waals surface area contributed by atoms with Gasteiger partial charge in [0.1, 0.15) is 5.69 Å². The predicted molar refractivity (Wildman–Crippen MR) is 103 cm³/mol. The van der Waals surface area contributed by atoms with E-state index >= 15 is 0 Å². The normalized spacial score (nSPS) is 15.9. The van der Waals surface area contributed by atoms with Gasteiger partial charge in [-0.3, -0.25) is 9.59 Å². The first-order valence-corrected chi connectivity index (χ1v) is 9.92. The lowest BCUT2D eigenvalue weighted by Crippen LogP contribution is -2.29. The van der Waals surface area contributed by atoms with Crippen molar-refractivity contribution >= 4 is 23.4 Å². The summed E-state index contributed by atoms with van der Waals surface area (Å²) in [5.74, 6) is -0.0108. The van der Waals surface area contributed by atoms with E-state index in [4.69, 9.17) is 11.6 Å². The number of nitrogens with one attached hydrogen (secondary N) is 2. The lowest BCUT2D eigenvalue weighted by molar-refractivity contribution is 0.0935. The third-order valence-electron chi connectivity index (χ3n) is 5.04. The number of halogens is 1. The fourth-order valence-corrected chi connectivity index (χ4v) is 3.69. The number of carbonyl (C=O) groups excluding carboxylic acids is 2. The standard InChI is InChI=1S/C20H23ClN4O2/c21-14-5-3-4-13(12-14)9-10-22-19(26)17-16-6-1-2-11-25(16)18(24-17)20(27)23-15-7-8-15/h3-5,12,15H,1-2,6-11H2,(H,22,26)(H,23,27). The van der Waals surface area contributed by atoms with Gasteiger partial charge in [-0.15, -0.1) is 0 Å². The fraction of sp³-hybridized carbons (Fsp3) is 0.450. The number of hydrogen-bond acceptors (Lipinski definition) is 3. The van der Waals surface area contributed by atoms with E-state index in [-0.39, 0.29) is 17.9 Å². The highest BCUT2D eigenvalue weighted by Gasteiger charge is 2.30. The van der Waals surface area contributed by atoms with Crippen LogP contribution in [0.5, 0.6) is 0 Å². The number of amides is 2. The smallest absolute Gasteiger partial charge is 0.287 e. The van der Waals surface area contributed by atoms with Gasteiger partial charge in [0.05, 0.1) is 5.69 Å². The fourth-order valence-electron chi connectivity index (χ4n) is 3.47. The summed E-state index contributed by atoms with van der Waals surface area (Å²) in [6.07, 6.45) is 5.53. The van der Waals surface area contributed by atoms with Crippen LogP contribution in [0.4, 0.5) is 0 Å². The highest BCUT2D eigenvalue weighted by molar-refractivity contribution is 6.30. The minimum atomic E-state index is -0.215. The van der Waals surface area contributed by atoms with E-state index < -0.39 is 0 Å². The summed E-state index contributed by atoms with van der Waals surface area (Å²) in [6.45, 7) is 1.24. The van der Waals surface area contributed by atoms with Crippen molar-refractivity contribution in [3.8, 4) is 0 Å². The van der Waals surface area contributed by atoms with Gasteiger partial charge >= 0.3 is 0 Å². The van der Waals surface area contributed by atoms with E-state index in [0.717, 1.165) is 49.9 Å². The number of imidazole rings is 1. The van der Waals surface area contributed by atoms with Crippen LogP contribution in [-0.2, 0) is 19.4 Å². The van der Waals surface area contributed by atoms with Gasteiger partial charge < -0.3 is 15.2 Å². The third-order valence-corrected chi connectivity index (χ3v) is 5.27. The molecule has 0 bridgehead atoms. The van der Waals surface area contributed by atoms with Gasteiger partial charge in [-0.05, 0) is 56.2 Å². The molecular weight excluding hydrogens is 364 g/mol. The molecule has 0 spiro atoms. The van der Waals surface area contributed by atoms with E-state index in [2.05, 4.69) is 15.6 Å². The molecule has 0 unspecified atom stereocenters. The monoisotopic (exact) mass is 386 g/mol. The molecule has 1 saturated carbocycles. The van der Waals surface area contributed by atoms with Crippen molar-refractivity contribution in [2.45, 2.75) is 51.1 Å². The highest BCUT2D eigenvalue weighted by atomic mass is 35.5. The lowest BCUT2D eigenvalue weighted by atomic mass is 10.1. The quantitative estimate of drug-likeness (QED) is 0.801. The molecule has 4 rings (SSSR count). The van der Waals surface area contributed by atoms with Crippen LogP contribution >= 0.6 is 11.6 Å². The molecule has 2 aliphatic rings. The molecule has 1 aliphatic heterocycles. The number of benzene rings is 1. The van der Waals surface area contributed by atoms with E-state index in [0.29, 0.717) is 29.5 Å². The maximum Gasteiger partial charge on any atom is 0.287 e. The molecule has 27 heavy (non-hydrogen) atoms. The largest absolute Gasteiger partial charge is 0.350 e. The topological polar surface area (TPSA) is 76.0 Å². The summed E-state index contributed by atoms with van der Waals surface area (Å²) < 4.78 is 1.92. The molecule has 1 aromatic heterocycles. The molecule has 142 valence electrons. The zero-order valence-electron chi connectivity index (χ0n) is 15.1. The summed E-state index contributed by atoms with van der Waals surface area (Å²) in [5, 5.41) is 6.60. The van der Waals surface area contributed by atoms with Crippen LogP contribution in [0.15, 0.2) is 24.3 Å². The molecule has 7 heteroatoms. The second-order valence-corrected chi connectivity index (χ2v) is 7.66. The van der Waals surface area contributed by atoms with Gasteiger partial charge in [0.25, 0.3) is 11.8 Å². The molecule has 2 aromatic rings. The Kier molecular flexibility index (Phi) is 5.16. The predicted octanol–water partition coefficient (Wildman–Crippen LogP) is 2.74. The van der Waals surface area contributed by atoms with Gasteiger partial charge in [0.15, 0.2) is 5.82 Å². The van der Waals surface area contributed by atoms with Crippen LogP contribution in [0, 0.1) is 0 Å². The first kappa shape index (κ1) is 18.0. The molecular formula is C20H23ClN4O2. The van der Waals surface area contributed by atoms with Gasteiger partial charge in [0.2, 0.25) is 0 Å². The van der Waals surface area contributed by atoms with Crippen molar-refractivity contribution in [3.05, 3.63) is 52.1 Å². The summed E-state index contributed by atoms with van der Waals surface area (Å²) in [4.78, 5) is 29.6. The van der Waals surface area contributed by atoms with Crippen molar-refractivity contribution in [3.63, 3.8) is 0 Å². The highest BCUT2D eigenvalue weighted by Crippen LogP contribution is 2.23. The molecule has 0 saturated heterocycles. The first-order chi connectivity index (χ1) is 13.1. The number of rotatable bonds is 6. The number of aromatic nitrogens is 2. The third kappa shape index (κ3) is 4.16. The zero-order chi connectivity index (χ0) is 18.8. The van der Waals surface area contributed by atoms with Crippen LogP contribution in [0.2, 0.25) is 5.02 Å². The van der Waals surface area contributed by atoms with Crippen LogP contribution in [0.1, 0.15) is 58.0 Å². The minimum Gasteiger partial charge on any atom is -0.350 e. The Labute approximate surface area is 163 Å². The van der Waals surface area contributed by atoms with Crippen molar-refractivity contribution in [2.75, 3.05) is 6.54 Å². The number of nitrogens with zero attached hydrogens (tertiary/aromatic N) is 2. The Hall–Kier alpha value is -2.34. The Morgan fingerprint density at radius 2 is 2.07 bits per heavy atom. The summed E-state index contributed by atoms with van der Waals surface area (Å²) >= 11 is 6.00. The minimum absolute atomic E-state index is 0.168. The van der Waals surface area contributed by atoms with Gasteiger partial charge in [-0.1, -0.05) is 23.7 Å². The second kappa shape index (κ2) is 7.72. The molecule has 0 radical (unpaired) electrons. The SMILES string of the molecule is O=C(NCCc1cccc(Cl)c1)c1nc(C(=O)NC2CC2)n2c1CCCC2. The van der Waals surface area contributed by atoms with Gasteiger partial charge in [-0.2, -0.15) is 0 Å². The van der Waals surface area contributed by atoms with Crippen LogP contribution in [0.25, 0.3) is 0 Å². The summed E-state index contributed by atoms with van der Waals surface area (Å²) in [5.41, 5.74) is 2.34. The number of fused-ring (bicyclic) bond motifs is 1. The molecule has 1 aromatic carbocycles. The molecule has 6 nitrogen and oxygen atoms in total. The Morgan fingerprint density at radius 1 is 1.22 bits per heavy atom. The molecule has 2 N–H and O–H groups in total. The average Bonchev–Trinajstić information content (AvgIpc) is 3.38. The Balaban J connectivity index is 1.46. The molecule has 1 aliphatic carbocycles. The maximum absolute atomic E-state index is 12.7. The van der Waals surface area contributed by atoms with Crippen LogP contribution in [0.3, 0.4) is 0 Å². The van der Waals surface area contributed by atoms with Crippen molar-refractivity contribution in [1.29, 1.82) is 0 Å². The van der Waals surface area contributed by atoms with Crippen molar-refractivity contribution < 1.29 is 9.59 Å². The van der Waals surface area contributed by atoms with E-state index in [1.165, 1.54) is 0 Å². The number of carbonyl (C=O) groups is 2. The van der Waals surface area contributed by atoms with Gasteiger partial charge in [0, 0.05) is 24.2 Å². The van der Waals surface area contributed by atoms with E-state index in [1.807, 2.05) is 28.8 Å². The molecule has 1 fully saturated rings. The van der Waals surface area contributed by atoms with Crippen LogP contribution < -0.4 is 10.6 Å². The first-order valence-electron chi connectivity index (χ1n) is 9.55. The van der Waals surface area contributed by atoms with Gasteiger partial charge in [-0.25, -0.2) is 4.98 Å². The van der Waals surface area contributed by atoms with Crippen molar-refractivity contribution in [2.24, 2.45) is 0 Å². The van der Waals surface area contributed by atoms with E-state index in [1.54, 1.807) is 0 Å².